The monoisotopic (exact) mass is 666 g/mol. The van der Waals surface area contributed by atoms with Crippen LogP contribution in [0.15, 0.2) is 168 Å². The quantitative estimate of drug-likeness (QED) is 0.187. The predicted octanol–water partition coefficient (Wildman–Crippen LogP) is 11.9. The Labute approximate surface area is 299 Å². The van der Waals surface area contributed by atoms with E-state index in [1.54, 1.807) is 0 Å². The molecule has 244 valence electrons. The highest BCUT2D eigenvalue weighted by atomic mass is 16.3. The number of hydrogen-bond donors (Lipinski definition) is 0. The molecule has 0 radical (unpaired) electrons. The van der Waals surface area contributed by atoms with Crippen molar-refractivity contribution in [2.75, 3.05) is 4.90 Å². The number of allylic oxidation sites excluding steroid dienone is 2. The molecule has 1 atom stereocenters. The molecule has 3 heterocycles. The lowest BCUT2D eigenvalue weighted by atomic mass is 9.92. The first-order valence-corrected chi connectivity index (χ1v) is 17.7. The molecule has 0 saturated carbocycles. The summed E-state index contributed by atoms with van der Waals surface area (Å²) in [6.07, 6.45) is 7.69. The van der Waals surface area contributed by atoms with Crippen molar-refractivity contribution in [2.24, 2.45) is 0 Å². The fourth-order valence-corrected chi connectivity index (χ4v) is 8.27. The largest absolute Gasteiger partial charge is 0.456 e. The van der Waals surface area contributed by atoms with Crippen molar-refractivity contribution in [3.8, 4) is 34.2 Å². The van der Waals surface area contributed by atoms with Crippen molar-refractivity contribution >= 4 is 60.4 Å². The smallest absolute Gasteiger partial charge is 0.164 e. The third-order valence-electron chi connectivity index (χ3n) is 10.6. The number of fused-ring (bicyclic) bond motifs is 10. The zero-order valence-corrected chi connectivity index (χ0v) is 28.1. The third-order valence-corrected chi connectivity index (χ3v) is 10.6. The van der Waals surface area contributed by atoms with Gasteiger partial charge >= 0.3 is 0 Å². The van der Waals surface area contributed by atoms with Crippen molar-refractivity contribution in [3.63, 3.8) is 0 Å². The summed E-state index contributed by atoms with van der Waals surface area (Å²) in [6, 6.07) is 51.0. The summed E-state index contributed by atoms with van der Waals surface area (Å²) in [4.78, 5) is 18.0. The van der Waals surface area contributed by atoms with Crippen LogP contribution < -0.4 is 4.90 Å². The van der Waals surface area contributed by atoms with Crippen molar-refractivity contribution in [1.82, 2.24) is 15.0 Å². The highest BCUT2D eigenvalue weighted by molar-refractivity contribution is 6.21. The van der Waals surface area contributed by atoms with Gasteiger partial charge in [-0.1, -0.05) is 133 Å². The van der Waals surface area contributed by atoms with E-state index < -0.39 is 0 Å². The Morgan fingerprint density at radius 2 is 1.27 bits per heavy atom. The number of nitrogens with zero attached hydrogens (tertiary/aromatic N) is 4. The van der Waals surface area contributed by atoms with Gasteiger partial charge in [0.25, 0.3) is 0 Å². The van der Waals surface area contributed by atoms with Gasteiger partial charge < -0.3 is 9.32 Å². The van der Waals surface area contributed by atoms with E-state index in [2.05, 4.69) is 138 Å². The fraction of sp³-hybridized carbons (Fsp3) is 0.0426. The van der Waals surface area contributed by atoms with Gasteiger partial charge in [-0.15, -0.1) is 0 Å². The molecule has 1 aliphatic heterocycles. The van der Waals surface area contributed by atoms with E-state index >= 15 is 0 Å². The van der Waals surface area contributed by atoms with Crippen molar-refractivity contribution in [1.29, 1.82) is 0 Å². The van der Waals surface area contributed by atoms with Gasteiger partial charge in [0.05, 0.1) is 6.04 Å². The molecule has 52 heavy (non-hydrogen) atoms. The van der Waals surface area contributed by atoms with E-state index in [-0.39, 0.29) is 6.04 Å². The molecular formula is C47H30N4O. The molecule has 7 aromatic carbocycles. The SMILES string of the molecule is C1=CCC2C(=C1)c1c(ccc3ccccc13)N2c1cccc(-c2nc(-c3ccccc3)nc(-c3cc4oc5ccccc5c4c4ccccc34)n2)c1. The van der Waals surface area contributed by atoms with Crippen LogP contribution >= 0.6 is 0 Å². The average molecular weight is 667 g/mol. The van der Waals surface area contributed by atoms with Gasteiger partial charge in [-0.2, -0.15) is 0 Å². The molecule has 1 aliphatic carbocycles. The Morgan fingerprint density at radius 3 is 2.15 bits per heavy atom. The van der Waals surface area contributed by atoms with Gasteiger partial charge in [-0.05, 0) is 63.9 Å². The number of para-hydroxylation sites is 1. The maximum Gasteiger partial charge on any atom is 0.164 e. The zero-order chi connectivity index (χ0) is 34.2. The molecule has 1 unspecified atom stereocenters. The van der Waals surface area contributed by atoms with Crippen LogP contribution in [0, 0.1) is 0 Å². The predicted molar refractivity (Wildman–Crippen MR) is 213 cm³/mol. The standard InChI is InChI=1S/C47H30N4O/c1-2-14-30(15-3-1)45-48-46(50-47(49-45)38-28-42-44(35-20-7-6-19-34(35)38)37-22-9-11-24-41(37)52-42)31-16-12-17-32(27-31)51-39-23-10-8-21-36(39)43-33-18-5-4-13-29(33)25-26-40(43)51/h1-22,24-28,39H,23H2. The Hall–Kier alpha value is -6.85. The first-order chi connectivity index (χ1) is 25.8. The number of aromatic nitrogens is 3. The minimum atomic E-state index is 0.205. The first-order valence-electron chi connectivity index (χ1n) is 17.7. The Balaban J connectivity index is 1.11. The number of anilines is 2. The second kappa shape index (κ2) is 11.3. The summed E-state index contributed by atoms with van der Waals surface area (Å²) in [5.74, 6) is 1.85. The number of hydrogen-bond acceptors (Lipinski definition) is 5. The van der Waals surface area contributed by atoms with E-state index in [0.29, 0.717) is 17.5 Å². The average Bonchev–Trinajstić information content (AvgIpc) is 3.77. The summed E-state index contributed by atoms with van der Waals surface area (Å²) in [7, 11) is 0. The van der Waals surface area contributed by atoms with Crippen molar-refractivity contribution < 1.29 is 4.42 Å². The van der Waals surface area contributed by atoms with Gasteiger partial charge in [0.2, 0.25) is 0 Å². The maximum absolute atomic E-state index is 6.44. The molecular weight excluding hydrogens is 637 g/mol. The Morgan fingerprint density at radius 1 is 0.558 bits per heavy atom. The lowest BCUT2D eigenvalue weighted by Crippen LogP contribution is -2.27. The Kier molecular flexibility index (Phi) is 6.31. The van der Waals surface area contributed by atoms with E-state index in [9.17, 15) is 0 Å². The minimum absolute atomic E-state index is 0.205. The highest BCUT2D eigenvalue weighted by Crippen LogP contribution is 2.50. The maximum atomic E-state index is 6.44. The van der Waals surface area contributed by atoms with Gasteiger partial charge in [-0.3, -0.25) is 0 Å². The lowest BCUT2D eigenvalue weighted by Gasteiger charge is -2.28. The third kappa shape index (κ3) is 4.39. The molecule has 0 amide bonds. The van der Waals surface area contributed by atoms with E-state index in [1.807, 2.05) is 30.3 Å². The molecule has 2 aromatic heterocycles. The summed E-state index contributed by atoms with van der Waals surface area (Å²) in [6.45, 7) is 0. The van der Waals surface area contributed by atoms with Gasteiger partial charge in [0.1, 0.15) is 11.2 Å². The fourth-order valence-electron chi connectivity index (χ4n) is 8.27. The lowest BCUT2D eigenvalue weighted by molar-refractivity contribution is 0.669. The topological polar surface area (TPSA) is 55.1 Å². The van der Waals surface area contributed by atoms with Gasteiger partial charge in [0.15, 0.2) is 17.5 Å². The second-order valence-electron chi connectivity index (χ2n) is 13.5. The molecule has 0 fully saturated rings. The van der Waals surface area contributed by atoms with Crippen LogP contribution in [-0.2, 0) is 0 Å². The minimum Gasteiger partial charge on any atom is -0.456 e. The highest BCUT2D eigenvalue weighted by Gasteiger charge is 2.36. The summed E-state index contributed by atoms with van der Waals surface area (Å²) < 4.78 is 6.44. The molecule has 0 spiro atoms. The molecule has 2 aliphatic rings. The molecule has 0 bridgehead atoms. The molecule has 0 N–H and O–H groups in total. The molecule has 5 nitrogen and oxygen atoms in total. The van der Waals surface area contributed by atoms with Crippen LogP contribution in [0.4, 0.5) is 11.4 Å². The number of furan rings is 1. The van der Waals surface area contributed by atoms with E-state index in [4.69, 9.17) is 19.4 Å². The first kappa shape index (κ1) is 28.9. The van der Waals surface area contributed by atoms with Crippen LogP contribution in [0.3, 0.4) is 0 Å². The van der Waals surface area contributed by atoms with Crippen molar-refractivity contribution in [2.45, 2.75) is 12.5 Å². The van der Waals surface area contributed by atoms with Gasteiger partial charge in [0, 0.05) is 44.4 Å². The normalized spacial score (nSPS) is 15.0. The summed E-state index contributed by atoms with van der Waals surface area (Å²) in [5, 5.41) is 6.91. The molecule has 9 aromatic rings. The molecule has 0 saturated heterocycles. The van der Waals surface area contributed by atoms with Crippen LogP contribution in [0.2, 0.25) is 0 Å². The van der Waals surface area contributed by atoms with Crippen molar-refractivity contribution in [3.05, 3.63) is 169 Å². The number of rotatable bonds is 4. The summed E-state index contributed by atoms with van der Waals surface area (Å²) >= 11 is 0. The van der Waals surface area contributed by atoms with Crippen LogP contribution in [0.5, 0.6) is 0 Å². The van der Waals surface area contributed by atoms with Crippen LogP contribution in [0.25, 0.3) is 83.2 Å². The van der Waals surface area contributed by atoms with E-state index in [0.717, 1.165) is 61.5 Å². The molecule has 11 rings (SSSR count). The Bertz CT molecular complexity index is 2960. The zero-order valence-electron chi connectivity index (χ0n) is 28.1. The van der Waals surface area contributed by atoms with Crippen LogP contribution in [-0.4, -0.2) is 21.0 Å². The van der Waals surface area contributed by atoms with Gasteiger partial charge in [-0.25, -0.2) is 15.0 Å². The van der Waals surface area contributed by atoms with E-state index in [1.165, 1.54) is 27.6 Å². The summed E-state index contributed by atoms with van der Waals surface area (Å²) in [5.41, 5.74) is 9.45. The molecule has 5 heteroatoms. The van der Waals surface area contributed by atoms with Crippen LogP contribution in [0.1, 0.15) is 12.0 Å². The number of benzene rings is 7. The second-order valence-corrected chi connectivity index (χ2v) is 13.5.